The molecule has 2 bridgehead atoms. The third-order valence-corrected chi connectivity index (χ3v) is 6.83. The van der Waals surface area contributed by atoms with E-state index in [2.05, 4.69) is 24.6 Å². The van der Waals surface area contributed by atoms with Gasteiger partial charge in [-0.15, -0.1) is 0 Å². The van der Waals surface area contributed by atoms with Crippen molar-refractivity contribution in [3.63, 3.8) is 0 Å². The third kappa shape index (κ3) is 3.47. The van der Waals surface area contributed by atoms with E-state index in [4.69, 9.17) is 4.98 Å². The van der Waals surface area contributed by atoms with Crippen LogP contribution in [0.25, 0.3) is 22.2 Å². The summed E-state index contributed by atoms with van der Waals surface area (Å²) < 4.78 is 48.9. The zero-order valence-corrected chi connectivity index (χ0v) is 18.8. The number of hydrogen-bond donors (Lipinski definition) is 2. The molecular formula is C25H22F3N5O2. The van der Waals surface area contributed by atoms with E-state index in [-0.39, 0.29) is 30.2 Å². The normalized spacial score (nSPS) is 19.5. The van der Waals surface area contributed by atoms with Gasteiger partial charge in [-0.25, -0.2) is 19.3 Å². The van der Waals surface area contributed by atoms with Gasteiger partial charge in [-0.1, -0.05) is 19.1 Å². The summed E-state index contributed by atoms with van der Waals surface area (Å²) in [7, 11) is 0. The van der Waals surface area contributed by atoms with Gasteiger partial charge in [0.2, 0.25) is 0 Å². The highest BCUT2D eigenvalue weighted by Crippen LogP contribution is 2.49. The van der Waals surface area contributed by atoms with Gasteiger partial charge in [0.15, 0.2) is 11.6 Å². The summed E-state index contributed by atoms with van der Waals surface area (Å²) in [4.78, 5) is 13.4. The Morgan fingerprint density at radius 3 is 2.74 bits per heavy atom. The van der Waals surface area contributed by atoms with Crippen LogP contribution >= 0.6 is 0 Å². The summed E-state index contributed by atoms with van der Waals surface area (Å²) in [6.45, 7) is -1.19. The van der Waals surface area contributed by atoms with Gasteiger partial charge >= 0.3 is 6.61 Å². The number of nitrogens with zero attached hydrogens (tertiary/aromatic N) is 4. The summed E-state index contributed by atoms with van der Waals surface area (Å²) >= 11 is 0. The number of benzene rings is 2. The quantitative estimate of drug-likeness (QED) is 0.438. The minimum Gasteiger partial charge on any atom is -0.432 e. The van der Waals surface area contributed by atoms with Gasteiger partial charge in [0.25, 0.3) is 0 Å². The van der Waals surface area contributed by atoms with Crippen LogP contribution in [0.4, 0.5) is 13.2 Å². The minimum absolute atomic E-state index is 0.0702. The monoisotopic (exact) mass is 481 g/mol. The lowest BCUT2D eigenvalue weighted by Crippen LogP contribution is -2.20. The maximum absolute atomic E-state index is 15.9. The van der Waals surface area contributed by atoms with Gasteiger partial charge in [0.1, 0.15) is 11.6 Å². The highest BCUT2D eigenvalue weighted by molar-refractivity contribution is 5.78. The van der Waals surface area contributed by atoms with Crippen LogP contribution in [-0.4, -0.2) is 37.8 Å². The van der Waals surface area contributed by atoms with Crippen molar-refractivity contribution in [3.05, 3.63) is 71.3 Å². The molecule has 2 aromatic heterocycles. The molecule has 6 rings (SSSR count). The number of imidazole rings is 1. The SMILES string of the molecule is CC(CO)c1ncc(-c2c(F)c(OC(F)F)cc3c2[C@H]2C[C@@H](NC3)c3nc4ccccc4n32)cn1. The fourth-order valence-electron chi connectivity index (χ4n) is 5.22. The van der Waals surface area contributed by atoms with Gasteiger partial charge in [-0.2, -0.15) is 8.78 Å². The molecule has 1 unspecified atom stereocenters. The first-order chi connectivity index (χ1) is 17.0. The number of para-hydroxylation sites is 2. The van der Waals surface area contributed by atoms with Crippen molar-refractivity contribution in [2.24, 2.45) is 0 Å². The molecule has 10 heteroatoms. The van der Waals surface area contributed by atoms with Crippen LogP contribution in [0.1, 0.15) is 54.1 Å². The van der Waals surface area contributed by atoms with Crippen LogP contribution in [0.15, 0.2) is 42.7 Å². The van der Waals surface area contributed by atoms with Crippen LogP contribution in [0.3, 0.4) is 0 Å². The molecule has 3 atom stereocenters. The molecule has 0 amide bonds. The van der Waals surface area contributed by atoms with Crippen LogP contribution < -0.4 is 10.1 Å². The Hall–Kier alpha value is -3.50. The van der Waals surface area contributed by atoms with Crippen LogP contribution in [0, 0.1) is 5.82 Å². The maximum Gasteiger partial charge on any atom is 0.387 e. The Morgan fingerprint density at radius 1 is 1.23 bits per heavy atom. The van der Waals surface area contributed by atoms with E-state index in [9.17, 15) is 13.9 Å². The Labute approximate surface area is 198 Å². The molecule has 0 saturated carbocycles. The van der Waals surface area contributed by atoms with Crippen molar-refractivity contribution < 1.29 is 23.0 Å². The Bertz CT molecular complexity index is 1420. The molecule has 180 valence electrons. The van der Waals surface area contributed by atoms with E-state index in [0.29, 0.717) is 35.5 Å². The fourth-order valence-corrected chi connectivity index (χ4v) is 5.22. The minimum atomic E-state index is -3.17. The molecule has 2 N–H and O–H groups in total. The highest BCUT2D eigenvalue weighted by Gasteiger charge is 2.40. The number of aromatic nitrogens is 4. The Morgan fingerprint density at radius 2 is 2.00 bits per heavy atom. The molecule has 2 aromatic carbocycles. The molecule has 2 aliphatic rings. The number of aliphatic hydroxyl groups excluding tert-OH is 1. The van der Waals surface area contributed by atoms with Crippen molar-refractivity contribution in [1.82, 2.24) is 24.8 Å². The van der Waals surface area contributed by atoms with Crippen LogP contribution in [0.5, 0.6) is 5.75 Å². The largest absolute Gasteiger partial charge is 0.432 e. The summed E-state index contributed by atoms with van der Waals surface area (Å²) in [6, 6.07) is 8.77. The van der Waals surface area contributed by atoms with E-state index >= 15 is 4.39 Å². The average Bonchev–Trinajstić information content (AvgIpc) is 3.34. The van der Waals surface area contributed by atoms with Crippen molar-refractivity contribution >= 4 is 11.0 Å². The van der Waals surface area contributed by atoms with Gasteiger partial charge in [-0.3, -0.25) is 0 Å². The third-order valence-electron chi connectivity index (χ3n) is 6.83. The highest BCUT2D eigenvalue weighted by atomic mass is 19.3. The first kappa shape index (κ1) is 22.0. The number of hydrogen-bond acceptors (Lipinski definition) is 6. The lowest BCUT2D eigenvalue weighted by Gasteiger charge is -2.24. The smallest absolute Gasteiger partial charge is 0.387 e. The Kier molecular flexibility index (Phi) is 5.23. The number of rotatable bonds is 5. The molecule has 0 radical (unpaired) electrons. The molecule has 0 saturated heterocycles. The van der Waals surface area contributed by atoms with E-state index in [0.717, 1.165) is 16.9 Å². The van der Waals surface area contributed by atoms with Gasteiger partial charge in [0.05, 0.1) is 29.7 Å². The van der Waals surface area contributed by atoms with Crippen molar-refractivity contribution in [3.8, 4) is 16.9 Å². The topological polar surface area (TPSA) is 85.1 Å². The standard InChI is InChI=1S/C25H22F3N5O2/c1-12(11-34)23-30-9-14(10-31-23)21-20-13(6-19(22(21)26)35-25(27)28)8-29-16-7-18(20)33-17-5-3-2-4-15(17)32-24(16)33/h2-6,9-10,12,16,18,25,29,34H,7-8,11H2,1H3/t12?,16-,18-/m1/s1. The van der Waals surface area contributed by atoms with Gasteiger partial charge < -0.3 is 19.7 Å². The number of alkyl halides is 2. The summed E-state index contributed by atoms with van der Waals surface area (Å²) in [5.41, 5.74) is 3.59. The zero-order chi connectivity index (χ0) is 24.3. The molecule has 4 aromatic rings. The molecule has 35 heavy (non-hydrogen) atoms. The maximum atomic E-state index is 15.9. The van der Waals surface area contributed by atoms with Gasteiger partial charge in [-0.05, 0) is 35.7 Å². The van der Waals surface area contributed by atoms with E-state index in [1.165, 1.54) is 18.5 Å². The van der Waals surface area contributed by atoms with E-state index in [1.807, 2.05) is 24.3 Å². The van der Waals surface area contributed by atoms with Crippen molar-refractivity contribution in [1.29, 1.82) is 0 Å². The van der Waals surface area contributed by atoms with Crippen LogP contribution in [0.2, 0.25) is 0 Å². The van der Waals surface area contributed by atoms with Crippen LogP contribution in [-0.2, 0) is 6.54 Å². The first-order valence-electron chi connectivity index (χ1n) is 11.4. The molecule has 7 nitrogen and oxygen atoms in total. The predicted molar refractivity (Wildman–Crippen MR) is 122 cm³/mol. The van der Waals surface area contributed by atoms with E-state index < -0.39 is 18.2 Å². The first-order valence-corrected chi connectivity index (χ1v) is 11.4. The second-order valence-corrected chi connectivity index (χ2v) is 8.94. The van der Waals surface area contributed by atoms with Gasteiger partial charge in [0, 0.05) is 36.0 Å². The lowest BCUT2D eigenvalue weighted by atomic mass is 9.90. The zero-order valence-electron chi connectivity index (χ0n) is 18.8. The summed E-state index contributed by atoms with van der Waals surface area (Å²) in [5, 5.41) is 12.9. The second kappa shape index (κ2) is 8.31. The lowest BCUT2D eigenvalue weighted by molar-refractivity contribution is -0.0521. The molecular weight excluding hydrogens is 459 g/mol. The molecule has 4 heterocycles. The van der Waals surface area contributed by atoms with Crippen molar-refractivity contribution in [2.75, 3.05) is 6.61 Å². The summed E-state index contributed by atoms with van der Waals surface area (Å²) in [6.07, 6.45) is 3.58. The predicted octanol–water partition coefficient (Wildman–Crippen LogP) is 4.47. The summed E-state index contributed by atoms with van der Waals surface area (Å²) in [5.74, 6) is -0.416. The molecule has 0 spiro atoms. The number of aliphatic hydroxyl groups is 1. The number of halogens is 3. The number of nitrogens with one attached hydrogen (secondary N) is 1. The number of ether oxygens (including phenoxy) is 1. The van der Waals surface area contributed by atoms with Crippen molar-refractivity contribution in [2.45, 2.75) is 44.5 Å². The average molecular weight is 481 g/mol. The molecule has 0 fully saturated rings. The molecule has 2 aliphatic heterocycles. The fraction of sp³-hybridized carbons (Fsp3) is 0.320. The number of fused-ring (bicyclic) bond motifs is 9. The molecule has 0 aliphatic carbocycles. The van der Waals surface area contributed by atoms with E-state index in [1.54, 1.807) is 6.92 Å². The Balaban J connectivity index is 1.59. The second-order valence-electron chi connectivity index (χ2n) is 8.94.